The molecule has 1 N–H and O–H groups in total. The highest BCUT2D eigenvalue weighted by atomic mass is 16.6. The molecule has 0 radical (unpaired) electrons. The normalized spacial score (nSPS) is 17.1. The molecule has 134 valence electrons. The van der Waals surface area contributed by atoms with E-state index in [0.717, 1.165) is 0 Å². The van der Waals surface area contributed by atoms with Crippen molar-refractivity contribution < 1.29 is 19.4 Å². The van der Waals surface area contributed by atoms with Crippen LogP contribution in [0.2, 0.25) is 0 Å². The molecule has 6 heteroatoms. The van der Waals surface area contributed by atoms with Gasteiger partial charge in [-0.3, -0.25) is 4.79 Å². The molecule has 0 saturated carbocycles. The maximum Gasteiger partial charge on any atom is 0.410 e. The van der Waals surface area contributed by atoms with Gasteiger partial charge < -0.3 is 19.6 Å². The lowest BCUT2D eigenvalue weighted by Gasteiger charge is -2.40. The van der Waals surface area contributed by atoms with E-state index in [1.807, 2.05) is 41.5 Å². The molecule has 0 aliphatic carbocycles. The summed E-state index contributed by atoms with van der Waals surface area (Å²) < 4.78 is 5.37. The molecule has 0 bridgehead atoms. The first-order valence-corrected chi connectivity index (χ1v) is 8.36. The number of hydrogen-bond donors (Lipinski definition) is 1. The predicted molar refractivity (Wildman–Crippen MR) is 89.1 cm³/mol. The minimum absolute atomic E-state index is 0.0419. The average Bonchev–Trinajstić information content (AvgIpc) is 2.41. The van der Waals surface area contributed by atoms with E-state index in [0.29, 0.717) is 32.5 Å². The van der Waals surface area contributed by atoms with Crippen molar-refractivity contribution in [1.82, 2.24) is 9.80 Å². The van der Waals surface area contributed by atoms with Crippen LogP contribution in [0.15, 0.2) is 0 Å². The topological polar surface area (TPSA) is 70.1 Å². The molecule has 23 heavy (non-hydrogen) atoms. The molecule has 1 aliphatic heterocycles. The van der Waals surface area contributed by atoms with Crippen LogP contribution in [0.25, 0.3) is 0 Å². The molecular weight excluding hydrogens is 296 g/mol. The molecule has 0 atom stereocenters. The van der Waals surface area contributed by atoms with Crippen LogP contribution < -0.4 is 0 Å². The van der Waals surface area contributed by atoms with Crippen molar-refractivity contribution in [3.05, 3.63) is 0 Å². The lowest BCUT2D eigenvalue weighted by Crippen LogP contribution is -2.52. The molecule has 6 nitrogen and oxygen atoms in total. The SMILES string of the molecule is CC(C)(C)OC(=O)N1CCC(C(=O)N(CCO)C(C)(C)C)CC1. The number of carbonyl (C=O) groups is 2. The predicted octanol–water partition coefficient (Wildman–Crippen LogP) is 2.25. The van der Waals surface area contributed by atoms with E-state index < -0.39 is 5.60 Å². The first-order chi connectivity index (χ1) is 10.5. The number of β-amino-alcohol motifs (C(OH)–C–C–N with tert-alkyl or cyclic N) is 1. The van der Waals surface area contributed by atoms with Crippen LogP contribution in [0, 0.1) is 5.92 Å². The van der Waals surface area contributed by atoms with Gasteiger partial charge in [0.2, 0.25) is 5.91 Å². The Balaban J connectivity index is 2.61. The minimum Gasteiger partial charge on any atom is -0.444 e. The Hall–Kier alpha value is -1.30. The van der Waals surface area contributed by atoms with Crippen molar-refractivity contribution in [2.75, 3.05) is 26.2 Å². The van der Waals surface area contributed by atoms with E-state index in [4.69, 9.17) is 4.74 Å². The molecule has 0 aromatic heterocycles. The summed E-state index contributed by atoms with van der Waals surface area (Å²) in [5, 5.41) is 9.21. The Morgan fingerprint density at radius 1 is 1.13 bits per heavy atom. The van der Waals surface area contributed by atoms with Crippen molar-refractivity contribution in [3.63, 3.8) is 0 Å². The van der Waals surface area contributed by atoms with Crippen molar-refractivity contribution in [2.24, 2.45) is 5.92 Å². The van der Waals surface area contributed by atoms with E-state index >= 15 is 0 Å². The molecule has 0 unspecified atom stereocenters. The largest absolute Gasteiger partial charge is 0.444 e. The van der Waals surface area contributed by atoms with Gasteiger partial charge in [-0.2, -0.15) is 0 Å². The van der Waals surface area contributed by atoms with Crippen molar-refractivity contribution in [3.8, 4) is 0 Å². The van der Waals surface area contributed by atoms with Gasteiger partial charge in [0.05, 0.1) is 6.61 Å². The summed E-state index contributed by atoms with van der Waals surface area (Å²) in [7, 11) is 0. The Morgan fingerprint density at radius 2 is 1.65 bits per heavy atom. The van der Waals surface area contributed by atoms with Crippen LogP contribution in [0.5, 0.6) is 0 Å². The highest BCUT2D eigenvalue weighted by molar-refractivity contribution is 5.80. The standard InChI is InChI=1S/C17H32N2O4/c1-16(2,3)19(11-12-20)14(21)13-7-9-18(10-8-13)15(22)23-17(4,5)6/h13,20H,7-12H2,1-6H3. The summed E-state index contributed by atoms with van der Waals surface area (Å²) in [6, 6.07) is 0. The zero-order chi connectivity index (χ0) is 17.8. The molecule has 0 spiro atoms. The second kappa shape index (κ2) is 7.51. The Bertz CT molecular complexity index is 415. The summed E-state index contributed by atoms with van der Waals surface area (Å²) in [6.07, 6.45) is 0.957. The maximum atomic E-state index is 12.7. The van der Waals surface area contributed by atoms with E-state index in [-0.39, 0.29) is 30.1 Å². The van der Waals surface area contributed by atoms with Crippen LogP contribution in [-0.2, 0) is 9.53 Å². The third kappa shape index (κ3) is 6.01. The van der Waals surface area contributed by atoms with Crippen molar-refractivity contribution >= 4 is 12.0 Å². The summed E-state index contributed by atoms with van der Waals surface area (Å²) in [6.45, 7) is 12.8. The van der Waals surface area contributed by atoms with E-state index in [1.54, 1.807) is 9.80 Å². The van der Waals surface area contributed by atoms with Gasteiger partial charge in [-0.15, -0.1) is 0 Å². The number of aliphatic hydroxyl groups is 1. The molecular formula is C17H32N2O4. The minimum atomic E-state index is -0.506. The number of rotatable bonds is 3. The molecule has 0 aromatic rings. The highest BCUT2D eigenvalue weighted by Gasteiger charge is 2.35. The van der Waals surface area contributed by atoms with Gasteiger partial charge in [0, 0.05) is 31.1 Å². The van der Waals surface area contributed by atoms with Crippen LogP contribution >= 0.6 is 0 Å². The number of ether oxygens (including phenoxy) is 1. The summed E-state index contributed by atoms with van der Waals surface area (Å²) in [4.78, 5) is 28.2. The molecule has 1 heterocycles. The fraction of sp³-hybridized carbons (Fsp3) is 0.882. The number of nitrogens with zero attached hydrogens (tertiary/aromatic N) is 2. The lowest BCUT2D eigenvalue weighted by atomic mass is 9.93. The zero-order valence-electron chi connectivity index (χ0n) is 15.4. The Labute approximate surface area is 139 Å². The summed E-state index contributed by atoms with van der Waals surface area (Å²) in [5.41, 5.74) is -0.823. The van der Waals surface area contributed by atoms with Crippen LogP contribution in [-0.4, -0.2) is 64.3 Å². The van der Waals surface area contributed by atoms with Gasteiger partial charge in [0.15, 0.2) is 0 Å². The lowest BCUT2D eigenvalue weighted by molar-refractivity contribution is -0.142. The fourth-order valence-electron chi connectivity index (χ4n) is 2.73. The summed E-state index contributed by atoms with van der Waals surface area (Å²) in [5.74, 6) is -0.0325. The molecule has 2 amide bonds. The summed E-state index contributed by atoms with van der Waals surface area (Å²) >= 11 is 0. The van der Waals surface area contributed by atoms with Gasteiger partial charge in [0.25, 0.3) is 0 Å². The molecule has 0 aromatic carbocycles. The highest BCUT2D eigenvalue weighted by Crippen LogP contribution is 2.24. The first kappa shape index (κ1) is 19.7. The zero-order valence-corrected chi connectivity index (χ0v) is 15.4. The van der Waals surface area contributed by atoms with Gasteiger partial charge in [0.1, 0.15) is 5.60 Å². The van der Waals surface area contributed by atoms with Crippen molar-refractivity contribution in [2.45, 2.75) is 65.5 Å². The van der Waals surface area contributed by atoms with Gasteiger partial charge in [-0.05, 0) is 54.4 Å². The Kier molecular flexibility index (Phi) is 6.45. The monoisotopic (exact) mass is 328 g/mol. The number of piperidine rings is 1. The number of aliphatic hydroxyl groups excluding tert-OH is 1. The third-order valence-corrected chi connectivity index (χ3v) is 3.90. The molecule has 1 saturated heterocycles. The Morgan fingerprint density at radius 3 is 2.04 bits per heavy atom. The second-order valence-electron chi connectivity index (χ2n) is 8.13. The number of amides is 2. The first-order valence-electron chi connectivity index (χ1n) is 8.36. The quantitative estimate of drug-likeness (QED) is 0.862. The van der Waals surface area contributed by atoms with Crippen LogP contribution in [0.1, 0.15) is 54.4 Å². The maximum absolute atomic E-state index is 12.7. The third-order valence-electron chi connectivity index (χ3n) is 3.90. The van der Waals surface area contributed by atoms with Crippen molar-refractivity contribution in [1.29, 1.82) is 0 Å². The van der Waals surface area contributed by atoms with Gasteiger partial charge in [-0.1, -0.05) is 0 Å². The van der Waals surface area contributed by atoms with E-state index in [2.05, 4.69) is 0 Å². The smallest absolute Gasteiger partial charge is 0.410 e. The number of carbonyl (C=O) groups excluding carboxylic acids is 2. The fourth-order valence-corrected chi connectivity index (χ4v) is 2.73. The molecule has 1 fully saturated rings. The van der Waals surface area contributed by atoms with E-state index in [1.165, 1.54) is 0 Å². The number of likely N-dealkylation sites (tertiary alicyclic amines) is 1. The average molecular weight is 328 g/mol. The second-order valence-corrected chi connectivity index (χ2v) is 8.13. The van der Waals surface area contributed by atoms with Gasteiger partial charge >= 0.3 is 6.09 Å². The van der Waals surface area contributed by atoms with Crippen LogP contribution in [0.4, 0.5) is 4.79 Å². The molecule has 1 rings (SSSR count). The van der Waals surface area contributed by atoms with Gasteiger partial charge in [-0.25, -0.2) is 4.79 Å². The van der Waals surface area contributed by atoms with E-state index in [9.17, 15) is 14.7 Å². The van der Waals surface area contributed by atoms with Crippen LogP contribution in [0.3, 0.4) is 0 Å². The molecule has 1 aliphatic rings. The number of hydrogen-bond acceptors (Lipinski definition) is 4.